The molecule has 0 amide bonds. The van der Waals surface area contributed by atoms with Crippen LogP contribution in [0.5, 0.6) is 0 Å². The molecule has 0 aliphatic carbocycles. The normalized spacial score (nSPS) is 10.4. The van der Waals surface area contributed by atoms with Crippen molar-refractivity contribution in [3.05, 3.63) is 59.3 Å². The van der Waals surface area contributed by atoms with Crippen LogP contribution >= 0.6 is 11.8 Å². The van der Waals surface area contributed by atoms with Gasteiger partial charge < -0.3 is 5.32 Å². The maximum atomic E-state index is 4.58. The number of nitrogens with one attached hydrogen (secondary N) is 1. The first kappa shape index (κ1) is 13.9. The van der Waals surface area contributed by atoms with Crippen molar-refractivity contribution in [1.29, 1.82) is 0 Å². The molecule has 1 aromatic heterocycles. The third-order valence-electron chi connectivity index (χ3n) is 2.77. The highest BCUT2D eigenvalue weighted by Crippen LogP contribution is 2.18. The summed E-state index contributed by atoms with van der Waals surface area (Å²) in [5, 5.41) is 3.24. The largest absolute Gasteiger partial charge is 0.370 e. The van der Waals surface area contributed by atoms with Gasteiger partial charge in [0.05, 0.1) is 5.69 Å². The highest BCUT2D eigenvalue weighted by molar-refractivity contribution is 7.97. The lowest BCUT2D eigenvalue weighted by atomic mass is 10.2. The van der Waals surface area contributed by atoms with Crippen molar-refractivity contribution in [3.8, 4) is 0 Å². The Morgan fingerprint density at radius 2 is 1.95 bits per heavy atom. The first-order valence-corrected chi connectivity index (χ1v) is 7.76. The molecule has 0 spiro atoms. The van der Waals surface area contributed by atoms with Gasteiger partial charge in [0, 0.05) is 18.1 Å². The van der Waals surface area contributed by atoms with E-state index in [0.717, 1.165) is 29.6 Å². The average Bonchev–Trinajstić information content (AvgIpc) is 2.40. The molecule has 1 aromatic carbocycles. The number of aromatic nitrogens is 1. The summed E-state index contributed by atoms with van der Waals surface area (Å²) in [6.07, 6.45) is 0. The van der Waals surface area contributed by atoms with Crippen LogP contribution in [0.3, 0.4) is 0 Å². The highest BCUT2D eigenvalue weighted by Gasteiger charge is 1.99. The topological polar surface area (TPSA) is 24.9 Å². The number of rotatable bonds is 6. The molecule has 0 aliphatic rings. The summed E-state index contributed by atoms with van der Waals surface area (Å²) in [5.41, 5.74) is 3.84. The zero-order valence-electron chi connectivity index (χ0n) is 11.5. The third-order valence-corrected chi connectivity index (χ3v) is 3.80. The molecular formula is C16H20N2S. The van der Waals surface area contributed by atoms with Crippen molar-refractivity contribution in [2.75, 3.05) is 11.9 Å². The fourth-order valence-electron chi connectivity index (χ4n) is 1.91. The fraction of sp³-hybridized carbons (Fsp3) is 0.312. The Kier molecular flexibility index (Phi) is 5.28. The number of pyridine rings is 1. The maximum absolute atomic E-state index is 4.58. The summed E-state index contributed by atoms with van der Waals surface area (Å²) < 4.78 is 0. The van der Waals surface area contributed by atoms with Crippen molar-refractivity contribution in [2.24, 2.45) is 0 Å². The Balaban J connectivity index is 1.87. The van der Waals surface area contributed by atoms with E-state index in [9.17, 15) is 0 Å². The number of thioether (sulfide) groups is 1. The van der Waals surface area contributed by atoms with E-state index in [2.05, 4.69) is 60.5 Å². The van der Waals surface area contributed by atoms with Gasteiger partial charge in [-0.1, -0.05) is 35.9 Å². The first-order chi connectivity index (χ1) is 9.28. The van der Waals surface area contributed by atoms with Crippen LogP contribution in [0.15, 0.2) is 42.5 Å². The van der Waals surface area contributed by atoms with Crippen molar-refractivity contribution in [1.82, 2.24) is 4.98 Å². The molecule has 0 saturated heterocycles. The third kappa shape index (κ3) is 4.60. The van der Waals surface area contributed by atoms with Gasteiger partial charge in [-0.3, -0.25) is 0 Å². The average molecular weight is 272 g/mol. The van der Waals surface area contributed by atoms with Gasteiger partial charge in [0.15, 0.2) is 0 Å². The van der Waals surface area contributed by atoms with E-state index >= 15 is 0 Å². The summed E-state index contributed by atoms with van der Waals surface area (Å²) in [6.45, 7) is 5.13. The van der Waals surface area contributed by atoms with Gasteiger partial charge in [0.25, 0.3) is 0 Å². The molecule has 0 saturated carbocycles. The molecular weight excluding hydrogens is 252 g/mol. The maximum Gasteiger partial charge on any atom is 0.126 e. The number of anilines is 1. The Morgan fingerprint density at radius 1 is 1.11 bits per heavy atom. The minimum atomic E-state index is 0.910. The van der Waals surface area contributed by atoms with E-state index in [1.54, 1.807) is 0 Å². The van der Waals surface area contributed by atoms with Gasteiger partial charge >= 0.3 is 0 Å². The lowest BCUT2D eigenvalue weighted by molar-refractivity contribution is 1.11. The molecule has 2 rings (SSSR count). The summed E-state index contributed by atoms with van der Waals surface area (Å²) in [7, 11) is 0. The molecule has 19 heavy (non-hydrogen) atoms. The monoisotopic (exact) mass is 272 g/mol. The van der Waals surface area contributed by atoms with Crippen molar-refractivity contribution >= 4 is 17.6 Å². The van der Waals surface area contributed by atoms with E-state index in [1.165, 1.54) is 11.1 Å². The number of hydrogen-bond donors (Lipinski definition) is 1. The second kappa shape index (κ2) is 7.19. The molecule has 2 nitrogen and oxygen atoms in total. The summed E-state index contributed by atoms with van der Waals surface area (Å²) in [4.78, 5) is 4.58. The molecule has 0 radical (unpaired) electrons. The van der Waals surface area contributed by atoms with Crippen LogP contribution < -0.4 is 5.32 Å². The summed E-state index contributed by atoms with van der Waals surface area (Å²) in [6, 6.07) is 14.8. The van der Waals surface area contributed by atoms with E-state index in [0.29, 0.717) is 0 Å². The van der Waals surface area contributed by atoms with Crippen LogP contribution in [0.25, 0.3) is 0 Å². The molecule has 0 atom stereocenters. The highest BCUT2D eigenvalue weighted by atomic mass is 32.2. The van der Waals surface area contributed by atoms with Crippen molar-refractivity contribution in [3.63, 3.8) is 0 Å². The van der Waals surface area contributed by atoms with Crippen LogP contribution in [0, 0.1) is 6.92 Å². The van der Waals surface area contributed by atoms with Crippen LogP contribution in [-0.4, -0.2) is 11.5 Å². The van der Waals surface area contributed by atoms with Crippen LogP contribution in [0.1, 0.15) is 23.7 Å². The Morgan fingerprint density at radius 3 is 2.74 bits per heavy atom. The molecule has 0 fully saturated rings. The van der Waals surface area contributed by atoms with Crippen LogP contribution in [0.2, 0.25) is 0 Å². The zero-order chi connectivity index (χ0) is 13.5. The molecule has 0 aliphatic heterocycles. The smallest absolute Gasteiger partial charge is 0.126 e. The fourth-order valence-corrected chi connectivity index (χ4v) is 2.80. The van der Waals surface area contributed by atoms with Gasteiger partial charge in [-0.15, -0.1) is 0 Å². The quantitative estimate of drug-likeness (QED) is 0.850. The first-order valence-electron chi connectivity index (χ1n) is 6.61. The van der Waals surface area contributed by atoms with E-state index in [1.807, 2.05) is 17.8 Å². The number of nitrogens with zero attached hydrogens (tertiary/aromatic N) is 1. The minimum absolute atomic E-state index is 0.910. The Hall–Kier alpha value is -1.48. The van der Waals surface area contributed by atoms with Crippen molar-refractivity contribution < 1.29 is 0 Å². The van der Waals surface area contributed by atoms with Gasteiger partial charge in [0.1, 0.15) is 5.82 Å². The molecule has 0 unspecified atom stereocenters. The summed E-state index contributed by atoms with van der Waals surface area (Å²) >= 11 is 1.90. The SMILES string of the molecule is CCNc1cccc(CSCc2cccc(C)c2)n1. The van der Waals surface area contributed by atoms with Crippen LogP contribution in [-0.2, 0) is 11.5 Å². The Bertz CT molecular complexity index is 526. The predicted octanol–water partition coefficient (Wildman–Crippen LogP) is 4.26. The molecule has 1 heterocycles. The second-order valence-electron chi connectivity index (χ2n) is 4.53. The molecule has 0 bridgehead atoms. The lowest BCUT2D eigenvalue weighted by Crippen LogP contribution is -2.00. The number of benzene rings is 1. The predicted molar refractivity (Wildman–Crippen MR) is 84.6 cm³/mol. The van der Waals surface area contributed by atoms with E-state index in [4.69, 9.17) is 0 Å². The molecule has 100 valence electrons. The molecule has 3 heteroatoms. The van der Waals surface area contributed by atoms with Gasteiger partial charge in [0.2, 0.25) is 0 Å². The van der Waals surface area contributed by atoms with E-state index < -0.39 is 0 Å². The number of aryl methyl sites for hydroxylation is 1. The standard InChI is InChI=1S/C16H20N2S/c1-3-17-16-9-5-8-15(18-16)12-19-11-14-7-4-6-13(2)10-14/h4-10H,3,11-12H2,1-2H3,(H,17,18). The van der Waals surface area contributed by atoms with Gasteiger partial charge in [-0.2, -0.15) is 11.8 Å². The lowest BCUT2D eigenvalue weighted by Gasteiger charge is -2.06. The molecule has 1 N–H and O–H groups in total. The van der Waals surface area contributed by atoms with Gasteiger partial charge in [-0.25, -0.2) is 4.98 Å². The van der Waals surface area contributed by atoms with Crippen molar-refractivity contribution in [2.45, 2.75) is 25.4 Å². The van der Waals surface area contributed by atoms with Gasteiger partial charge in [-0.05, 0) is 31.5 Å². The zero-order valence-corrected chi connectivity index (χ0v) is 12.3. The molecule has 2 aromatic rings. The number of hydrogen-bond acceptors (Lipinski definition) is 3. The van der Waals surface area contributed by atoms with E-state index in [-0.39, 0.29) is 0 Å². The Labute approximate surface area is 119 Å². The second-order valence-corrected chi connectivity index (χ2v) is 5.51. The minimum Gasteiger partial charge on any atom is -0.370 e. The summed E-state index contributed by atoms with van der Waals surface area (Å²) in [5.74, 6) is 2.96. The van der Waals surface area contributed by atoms with Crippen LogP contribution in [0.4, 0.5) is 5.82 Å².